The van der Waals surface area contributed by atoms with E-state index in [1.165, 1.54) is 29.5 Å². The van der Waals surface area contributed by atoms with Crippen LogP contribution >= 0.6 is 23.4 Å². The molecule has 1 amide bonds. The zero-order chi connectivity index (χ0) is 42.0. The van der Waals surface area contributed by atoms with Crippen LogP contribution in [0.3, 0.4) is 0 Å². The van der Waals surface area contributed by atoms with Gasteiger partial charge in [-0.2, -0.15) is 13.2 Å². The summed E-state index contributed by atoms with van der Waals surface area (Å²) < 4.78 is 72.3. The van der Waals surface area contributed by atoms with Crippen LogP contribution in [0.25, 0.3) is 11.1 Å². The smallest absolute Gasteiger partial charge is 0.381 e. The van der Waals surface area contributed by atoms with E-state index in [9.17, 15) is 26.4 Å². The number of rotatable bonds is 17. The molecule has 0 radical (unpaired) electrons. The second kappa shape index (κ2) is 20.2. The van der Waals surface area contributed by atoms with Crippen molar-refractivity contribution in [3.05, 3.63) is 143 Å². The number of carbonyl (C=O) groups is 1. The highest BCUT2D eigenvalue weighted by Crippen LogP contribution is 2.37. The molecule has 0 unspecified atom stereocenters. The summed E-state index contributed by atoms with van der Waals surface area (Å²) in [5, 5.41) is 3.76. The molecule has 0 spiro atoms. The number of piperazine rings is 1. The molecule has 6 rings (SSSR count). The van der Waals surface area contributed by atoms with Crippen molar-refractivity contribution in [3.63, 3.8) is 0 Å². The summed E-state index contributed by atoms with van der Waals surface area (Å²) in [6, 6.07) is 34.8. The quantitative estimate of drug-likeness (QED) is 0.0895. The van der Waals surface area contributed by atoms with Crippen molar-refractivity contribution >= 4 is 50.7 Å². The number of halogens is 4. The van der Waals surface area contributed by atoms with Crippen LogP contribution in [0.15, 0.2) is 131 Å². The zero-order valence-corrected chi connectivity index (χ0v) is 35.5. The van der Waals surface area contributed by atoms with Crippen molar-refractivity contribution < 1.29 is 26.4 Å². The number of thioether (sulfide) groups is 1. The lowest BCUT2D eigenvalue weighted by molar-refractivity contribution is -0.137. The van der Waals surface area contributed by atoms with Gasteiger partial charge in [-0.3, -0.25) is 9.69 Å². The van der Waals surface area contributed by atoms with Crippen molar-refractivity contribution in [1.29, 1.82) is 0 Å². The van der Waals surface area contributed by atoms with Crippen LogP contribution in [0.4, 0.5) is 24.5 Å². The van der Waals surface area contributed by atoms with Crippen LogP contribution in [0.1, 0.15) is 41.8 Å². The van der Waals surface area contributed by atoms with Crippen LogP contribution in [-0.4, -0.2) is 81.7 Å². The Morgan fingerprint density at radius 2 is 1.51 bits per heavy atom. The number of hydrogen-bond acceptors (Lipinski definition) is 8. The maximum Gasteiger partial charge on any atom is 0.418 e. The molecule has 59 heavy (non-hydrogen) atoms. The Labute approximate surface area is 354 Å². The first kappa shape index (κ1) is 44.0. The normalized spacial score (nSPS) is 14.3. The van der Waals surface area contributed by atoms with E-state index in [1.807, 2.05) is 85.3 Å². The van der Waals surface area contributed by atoms with Gasteiger partial charge in [-0.1, -0.05) is 80.0 Å². The van der Waals surface area contributed by atoms with Gasteiger partial charge < -0.3 is 15.1 Å². The predicted molar refractivity (Wildman–Crippen MR) is 234 cm³/mol. The molecule has 0 bridgehead atoms. The summed E-state index contributed by atoms with van der Waals surface area (Å²) in [7, 11) is -4.66. The number of nitrogens with one attached hydrogen (secondary N) is 2. The molecule has 8 nitrogen and oxygen atoms in total. The molecule has 5 aromatic carbocycles. The maximum absolute atomic E-state index is 14.5. The summed E-state index contributed by atoms with van der Waals surface area (Å²) >= 11 is 7.65. The first-order chi connectivity index (χ1) is 28.3. The zero-order valence-electron chi connectivity index (χ0n) is 33.1. The van der Waals surface area contributed by atoms with E-state index in [4.69, 9.17) is 11.6 Å². The highest BCUT2D eigenvalue weighted by Gasteiger charge is 2.36. The lowest BCUT2D eigenvalue weighted by Gasteiger charge is -2.36. The third-order valence-corrected chi connectivity index (χ3v) is 13.3. The minimum absolute atomic E-state index is 0.0658. The van der Waals surface area contributed by atoms with Gasteiger partial charge in [-0.25, -0.2) is 13.1 Å². The number of amides is 1. The number of nitrogens with zero attached hydrogens (tertiary/aromatic N) is 3. The Balaban J connectivity index is 1.08. The first-order valence-corrected chi connectivity index (χ1v) is 22.5. The molecule has 0 aliphatic carbocycles. The van der Waals surface area contributed by atoms with Crippen molar-refractivity contribution in [2.24, 2.45) is 0 Å². The van der Waals surface area contributed by atoms with Gasteiger partial charge >= 0.3 is 6.18 Å². The molecule has 1 heterocycles. The van der Waals surface area contributed by atoms with E-state index in [1.54, 1.807) is 12.1 Å². The van der Waals surface area contributed by atoms with E-state index in [-0.39, 0.29) is 17.3 Å². The fourth-order valence-corrected chi connectivity index (χ4v) is 9.22. The van der Waals surface area contributed by atoms with E-state index in [2.05, 4.69) is 32.1 Å². The summed E-state index contributed by atoms with van der Waals surface area (Å²) in [6.45, 7) is 10.3. The minimum Gasteiger partial charge on any atom is -0.381 e. The minimum atomic E-state index is -4.86. The topological polar surface area (TPSA) is 85.0 Å². The SMILES string of the molecule is CCN(CC)CC[C@H](CSc1ccccc1)Nc1ccc(S(=O)(=O)NC(=O)c2ccc(N3CCN(Cc4ccccc4-c4ccc(Cl)cc4)CC3)cc2)cc1C(F)(F)F. The Bertz CT molecular complexity index is 2250. The van der Waals surface area contributed by atoms with Gasteiger partial charge in [0.15, 0.2) is 0 Å². The molecular weight excluding hydrogens is 815 g/mol. The Morgan fingerprint density at radius 1 is 0.847 bits per heavy atom. The molecule has 312 valence electrons. The number of sulfonamides is 1. The monoisotopic (exact) mass is 863 g/mol. The third kappa shape index (κ3) is 12.0. The number of alkyl halides is 3. The first-order valence-electron chi connectivity index (χ1n) is 19.7. The molecule has 1 aliphatic rings. The van der Waals surface area contributed by atoms with Crippen molar-refractivity contribution in [1.82, 2.24) is 14.5 Å². The number of hydrogen-bond donors (Lipinski definition) is 2. The molecule has 0 saturated carbocycles. The Hall–Kier alpha value is -4.53. The average Bonchev–Trinajstić information content (AvgIpc) is 3.24. The maximum atomic E-state index is 14.5. The number of benzene rings is 5. The highest BCUT2D eigenvalue weighted by atomic mass is 35.5. The molecular formula is C45H49ClF3N5O3S2. The molecule has 1 atom stereocenters. The third-order valence-electron chi connectivity index (χ3n) is 10.5. The molecule has 5 aromatic rings. The van der Waals surface area contributed by atoms with Crippen molar-refractivity contribution in [3.8, 4) is 11.1 Å². The van der Waals surface area contributed by atoms with Gasteiger partial charge in [-0.05, 0) is 103 Å². The number of anilines is 2. The van der Waals surface area contributed by atoms with E-state index in [0.29, 0.717) is 29.8 Å². The second-order valence-corrected chi connectivity index (χ2v) is 17.6. The lowest BCUT2D eigenvalue weighted by atomic mass is 9.99. The van der Waals surface area contributed by atoms with Crippen LogP contribution in [0, 0.1) is 0 Å². The molecule has 1 aliphatic heterocycles. The van der Waals surface area contributed by atoms with Gasteiger partial charge in [0.2, 0.25) is 0 Å². The standard InChI is InChI=1S/C45H49ClF3N5O3S2/c1-3-52(4-2)25-24-37(32-58-39-11-6-5-7-12-39)50-43-23-22-40(30-42(43)45(47,48)49)59(56,57)51-44(55)34-16-20-38(21-17-34)54-28-26-53(27-29-54)31-35-10-8-9-13-41(35)33-14-18-36(46)19-15-33/h5-23,30,37,50H,3-4,24-29,31-32H2,1-2H3,(H,51,55)/t37-/m1/s1. The summed E-state index contributed by atoms with van der Waals surface area (Å²) in [5.74, 6) is -0.444. The van der Waals surface area contributed by atoms with Gasteiger partial charge in [-0.15, -0.1) is 11.8 Å². The second-order valence-electron chi connectivity index (χ2n) is 14.4. The van der Waals surface area contributed by atoms with Gasteiger partial charge in [0.25, 0.3) is 15.9 Å². The van der Waals surface area contributed by atoms with Crippen LogP contribution in [-0.2, 0) is 22.7 Å². The molecule has 2 N–H and O–H groups in total. The fraction of sp³-hybridized carbons (Fsp3) is 0.311. The van der Waals surface area contributed by atoms with E-state index in [0.717, 1.165) is 79.7 Å². The molecule has 0 aromatic heterocycles. The largest absolute Gasteiger partial charge is 0.418 e. The van der Waals surface area contributed by atoms with Gasteiger partial charge in [0, 0.05) is 77.9 Å². The number of carbonyl (C=O) groups excluding carboxylic acids is 1. The van der Waals surface area contributed by atoms with Crippen LogP contribution in [0.2, 0.25) is 5.02 Å². The summed E-state index contributed by atoms with van der Waals surface area (Å²) in [4.78, 5) is 20.3. The van der Waals surface area contributed by atoms with E-state index < -0.39 is 32.6 Å². The van der Waals surface area contributed by atoms with Crippen LogP contribution in [0.5, 0.6) is 0 Å². The van der Waals surface area contributed by atoms with Gasteiger partial charge in [0.1, 0.15) is 0 Å². The Kier molecular flexibility index (Phi) is 15.0. The Morgan fingerprint density at radius 3 is 2.17 bits per heavy atom. The van der Waals surface area contributed by atoms with E-state index >= 15 is 0 Å². The average molecular weight is 865 g/mol. The highest BCUT2D eigenvalue weighted by molar-refractivity contribution is 7.99. The fourth-order valence-electron chi connectivity index (χ4n) is 7.10. The van der Waals surface area contributed by atoms with Crippen molar-refractivity contribution in [2.45, 2.75) is 48.8 Å². The summed E-state index contributed by atoms with van der Waals surface area (Å²) in [6.07, 6.45) is -4.29. The molecule has 14 heteroatoms. The predicted octanol–water partition coefficient (Wildman–Crippen LogP) is 9.77. The molecule has 1 fully saturated rings. The van der Waals surface area contributed by atoms with Gasteiger partial charge in [0.05, 0.1) is 10.5 Å². The summed E-state index contributed by atoms with van der Waals surface area (Å²) in [5.41, 5.74) is 3.09. The van der Waals surface area contributed by atoms with Crippen LogP contribution < -0.4 is 14.9 Å². The van der Waals surface area contributed by atoms with Crippen molar-refractivity contribution in [2.75, 3.05) is 61.8 Å². The lowest BCUT2D eigenvalue weighted by Crippen LogP contribution is -2.46. The molecule has 1 saturated heterocycles.